The molecular formula is C18H25N3O3S. The van der Waals surface area contributed by atoms with E-state index >= 15 is 0 Å². The molecule has 1 N–H and O–H groups in total. The van der Waals surface area contributed by atoms with Gasteiger partial charge in [-0.2, -0.15) is 0 Å². The second kappa shape index (κ2) is 9.46. The molecule has 0 aliphatic heterocycles. The van der Waals surface area contributed by atoms with Crippen LogP contribution in [-0.4, -0.2) is 35.0 Å². The Morgan fingerprint density at radius 1 is 1.20 bits per heavy atom. The molecule has 0 aliphatic rings. The Hall–Kier alpha value is -2.02. The van der Waals surface area contributed by atoms with Gasteiger partial charge in [-0.05, 0) is 49.9 Å². The fraction of sp³-hybridized carbons (Fsp3) is 0.500. The fourth-order valence-corrected chi connectivity index (χ4v) is 2.79. The maximum Gasteiger partial charge on any atom is 0.277 e. The number of amides is 1. The lowest BCUT2D eigenvalue weighted by molar-refractivity contribution is -0.119. The lowest BCUT2D eigenvalue weighted by Gasteiger charge is -2.14. The van der Waals surface area contributed by atoms with Crippen molar-refractivity contribution < 1.29 is 13.9 Å². The number of rotatable bonds is 9. The second-order valence-electron chi connectivity index (χ2n) is 6.33. The third kappa shape index (κ3) is 6.42. The van der Waals surface area contributed by atoms with E-state index in [1.807, 2.05) is 31.2 Å². The summed E-state index contributed by atoms with van der Waals surface area (Å²) in [6.45, 7) is 6.39. The molecule has 1 amide bonds. The molecule has 2 aromatic rings. The van der Waals surface area contributed by atoms with Crippen LogP contribution in [0.2, 0.25) is 0 Å². The van der Waals surface area contributed by atoms with E-state index in [0.717, 1.165) is 24.2 Å². The first-order valence-corrected chi connectivity index (χ1v) is 9.36. The maximum absolute atomic E-state index is 12.0. The topological polar surface area (TPSA) is 77.2 Å². The number of nitrogens with one attached hydrogen (secondary N) is 1. The van der Waals surface area contributed by atoms with E-state index in [9.17, 15) is 4.79 Å². The first-order valence-electron chi connectivity index (χ1n) is 8.38. The highest BCUT2D eigenvalue weighted by molar-refractivity contribution is 7.99. The number of aromatic nitrogens is 2. The van der Waals surface area contributed by atoms with E-state index in [4.69, 9.17) is 9.15 Å². The zero-order valence-electron chi connectivity index (χ0n) is 15.1. The molecule has 2 rings (SSSR count). The molecule has 0 bridgehead atoms. The van der Waals surface area contributed by atoms with E-state index < -0.39 is 0 Å². The molecule has 0 spiro atoms. The van der Waals surface area contributed by atoms with Crippen LogP contribution in [0.4, 0.5) is 0 Å². The van der Waals surface area contributed by atoms with Crippen LogP contribution in [0.5, 0.6) is 5.75 Å². The quantitative estimate of drug-likeness (QED) is 0.683. The van der Waals surface area contributed by atoms with E-state index in [-0.39, 0.29) is 17.7 Å². The van der Waals surface area contributed by atoms with Crippen molar-refractivity contribution in [2.75, 3.05) is 12.9 Å². The molecular weight excluding hydrogens is 338 g/mol. The Kier molecular flexibility index (Phi) is 7.31. The molecule has 7 heteroatoms. The highest BCUT2D eigenvalue weighted by Gasteiger charge is 2.13. The lowest BCUT2D eigenvalue weighted by Crippen LogP contribution is -2.34. The summed E-state index contributed by atoms with van der Waals surface area (Å²) in [6.07, 6.45) is 2.08. The van der Waals surface area contributed by atoms with Gasteiger partial charge >= 0.3 is 0 Å². The van der Waals surface area contributed by atoms with E-state index in [1.54, 1.807) is 7.11 Å². The van der Waals surface area contributed by atoms with Crippen molar-refractivity contribution in [2.24, 2.45) is 5.92 Å². The van der Waals surface area contributed by atoms with Gasteiger partial charge in [0.15, 0.2) is 0 Å². The molecule has 0 saturated carbocycles. The van der Waals surface area contributed by atoms with Gasteiger partial charge in [-0.15, -0.1) is 10.2 Å². The van der Waals surface area contributed by atoms with Gasteiger partial charge in [0.1, 0.15) is 5.75 Å². The lowest BCUT2D eigenvalue weighted by atomic mass is 10.0. The van der Waals surface area contributed by atoms with Gasteiger partial charge in [0.05, 0.1) is 12.9 Å². The van der Waals surface area contributed by atoms with Crippen molar-refractivity contribution in [3.05, 3.63) is 24.3 Å². The number of nitrogens with zero attached hydrogens (tertiary/aromatic N) is 2. The van der Waals surface area contributed by atoms with Crippen molar-refractivity contribution in [1.29, 1.82) is 0 Å². The largest absolute Gasteiger partial charge is 0.497 e. The van der Waals surface area contributed by atoms with Crippen LogP contribution in [0.25, 0.3) is 11.5 Å². The fourth-order valence-electron chi connectivity index (χ4n) is 2.22. The number of thioether (sulfide) groups is 1. The predicted molar refractivity (Wildman–Crippen MR) is 98.7 cm³/mol. The third-order valence-corrected chi connectivity index (χ3v) is 4.47. The minimum absolute atomic E-state index is 0.0227. The predicted octanol–water partition coefficient (Wildman–Crippen LogP) is 3.78. The Bertz CT molecular complexity index is 670. The Morgan fingerprint density at radius 2 is 1.92 bits per heavy atom. The minimum atomic E-state index is -0.0227. The summed E-state index contributed by atoms with van der Waals surface area (Å²) in [5.74, 6) is 2.07. The number of carbonyl (C=O) groups excluding carboxylic acids is 1. The summed E-state index contributed by atoms with van der Waals surface area (Å²) in [5.41, 5.74) is 0.812. The molecule has 1 aromatic carbocycles. The summed E-state index contributed by atoms with van der Waals surface area (Å²) < 4.78 is 10.7. The molecule has 1 aromatic heterocycles. The van der Waals surface area contributed by atoms with Crippen LogP contribution in [0.15, 0.2) is 33.9 Å². The Labute approximate surface area is 152 Å². The van der Waals surface area contributed by atoms with Gasteiger partial charge in [0.25, 0.3) is 5.22 Å². The third-order valence-electron chi connectivity index (χ3n) is 3.65. The smallest absolute Gasteiger partial charge is 0.277 e. The number of methoxy groups -OCH3 is 1. The van der Waals surface area contributed by atoms with Gasteiger partial charge in [-0.1, -0.05) is 25.6 Å². The van der Waals surface area contributed by atoms with Crippen LogP contribution < -0.4 is 10.1 Å². The first-order chi connectivity index (χ1) is 12.0. The molecule has 25 heavy (non-hydrogen) atoms. The summed E-state index contributed by atoms with van der Waals surface area (Å²) in [5, 5.41) is 11.4. The van der Waals surface area contributed by atoms with Crippen molar-refractivity contribution in [1.82, 2.24) is 15.5 Å². The highest BCUT2D eigenvalue weighted by Crippen LogP contribution is 2.24. The second-order valence-corrected chi connectivity index (χ2v) is 7.26. The molecule has 0 aliphatic carbocycles. The number of benzene rings is 1. The van der Waals surface area contributed by atoms with Gasteiger partial charge in [-0.25, -0.2) is 0 Å². The Balaban J connectivity index is 1.81. The average Bonchev–Trinajstić information content (AvgIpc) is 3.07. The number of carbonyl (C=O) groups is 1. The van der Waals surface area contributed by atoms with Gasteiger partial charge in [0, 0.05) is 11.6 Å². The molecule has 0 saturated heterocycles. The van der Waals surface area contributed by atoms with Gasteiger partial charge in [-0.3, -0.25) is 4.79 Å². The monoisotopic (exact) mass is 363 g/mol. The Morgan fingerprint density at radius 3 is 2.56 bits per heavy atom. The molecule has 1 unspecified atom stereocenters. The standard InChI is InChI=1S/C18H25N3O3S/c1-12(2)5-6-13(3)19-16(22)11-25-18-21-20-17(24-18)14-7-9-15(23-4)10-8-14/h7-10,12-13H,5-6,11H2,1-4H3,(H,19,22). The van der Waals surface area contributed by atoms with E-state index in [0.29, 0.717) is 17.0 Å². The van der Waals surface area contributed by atoms with Crippen LogP contribution >= 0.6 is 11.8 Å². The minimum Gasteiger partial charge on any atom is -0.497 e. The summed E-state index contributed by atoms with van der Waals surface area (Å²) in [6, 6.07) is 7.54. The molecule has 136 valence electrons. The zero-order valence-corrected chi connectivity index (χ0v) is 15.9. The SMILES string of the molecule is COc1ccc(-c2nnc(SCC(=O)NC(C)CCC(C)C)o2)cc1. The van der Waals surface area contributed by atoms with Crippen molar-refractivity contribution >= 4 is 17.7 Å². The van der Waals surface area contributed by atoms with Crippen molar-refractivity contribution in [3.8, 4) is 17.2 Å². The number of hydrogen-bond donors (Lipinski definition) is 1. The normalized spacial score (nSPS) is 12.2. The van der Waals surface area contributed by atoms with Gasteiger partial charge in [0.2, 0.25) is 11.8 Å². The number of hydrogen-bond acceptors (Lipinski definition) is 6. The average molecular weight is 363 g/mol. The molecule has 0 fully saturated rings. The summed E-state index contributed by atoms with van der Waals surface area (Å²) in [4.78, 5) is 12.0. The molecule has 1 atom stereocenters. The molecule has 6 nitrogen and oxygen atoms in total. The van der Waals surface area contributed by atoms with Gasteiger partial charge < -0.3 is 14.5 Å². The number of ether oxygens (including phenoxy) is 1. The maximum atomic E-state index is 12.0. The summed E-state index contributed by atoms with van der Waals surface area (Å²) in [7, 11) is 1.62. The van der Waals surface area contributed by atoms with Crippen molar-refractivity contribution in [3.63, 3.8) is 0 Å². The molecule has 1 heterocycles. The van der Waals surface area contributed by atoms with E-state index in [1.165, 1.54) is 11.8 Å². The highest BCUT2D eigenvalue weighted by atomic mass is 32.2. The zero-order chi connectivity index (χ0) is 18.2. The molecule has 0 radical (unpaired) electrons. The van der Waals surface area contributed by atoms with Crippen molar-refractivity contribution in [2.45, 2.75) is 44.9 Å². The van der Waals surface area contributed by atoms with Crippen LogP contribution in [0.1, 0.15) is 33.6 Å². The van der Waals surface area contributed by atoms with E-state index in [2.05, 4.69) is 29.4 Å². The van der Waals surface area contributed by atoms with Crippen LogP contribution in [-0.2, 0) is 4.79 Å². The summed E-state index contributed by atoms with van der Waals surface area (Å²) >= 11 is 1.24. The van der Waals surface area contributed by atoms with Crippen LogP contribution in [0.3, 0.4) is 0 Å². The first kappa shape index (κ1) is 19.3. The van der Waals surface area contributed by atoms with Crippen LogP contribution in [0, 0.1) is 5.92 Å².